The topological polar surface area (TPSA) is 46.5 Å². The second kappa shape index (κ2) is 6.61. The first-order chi connectivity index (χ1) is 9.06. The van der Waals surface area contributed by atoms with Crippen LogP contribution in [0.3, 0.4) is 0 Å². The predicted molar refractivity (Wildman–Crippen MR) is 85.4 cm³/mol. The number of carboxylic acids is 1. The lowest BCUT2D eigenvalue weighted by Gasteiger charge is -2.41. The molecule has 1 saturated carbocycles. The van der Waals surface area contributed by atoms with Gasteiger partial charge in [-0.25, -0.2) is 0 Å². The molecule has 1 rings (SSSR count). The van der Waals surface area contributed by atoms with Crippen molar-refractivity contribution >= 4 is 14.3 Å². The Labute approximate surface area is 125 Å². The van der Waals surface area contributed by atoms with E-state index in [4.69, 9.17) is 4.43 Å². The van der Waals surface area contributed by atoms with E-state index in [0.29, 0.717) is 5.92 Å². The third kappa shape index (κ3) is 4.32. The Bertz CT molecular complexity index is 327. The Morgan fingerprint density at radius 2 is 1.70 bits per heavy atom. The summed E-state index contributed by atoms with van der Waals surface area (Å²) in [7, 11) is -1.90. The molecule has 4 heteroatoms. The Morgan fingerprint density at radius 1 is 1.20 bits per heavy atom. The highest BCUT2D eigenvalue weighted by Crippen LogP contribution is 2.40. The molecule has 20 heavy (non-hydrogen) atoms. The van der Waals surface area contributed by atoms with Crippen molar-refractivity contribution < 1.29 is 14.3 Å². The highest BCUT2D eigenvalue weighted by atomic mass is 28.4. The molecule has 3 nitrogen and oxygen atoms in total. The molecule has 1 N–H and O–H groups in total. The van der Waals surface area contributed by atoms with Crippen molar-refractivity contribution in [1.29, 1.82) is 0 Å². The first-order valence-electron chi connectivity index (χ1n) is 7.97. The Kier molecular flexibility index (Phi) is 5.85. The van der Waals surface area contributed by atoms with Crippen LogP contribution >= 0.6 is 0 Å². The first kappa shape index (κ1) is 17.7. The second-order valence-corrected chi connectivity index (χ2v) is 12.6. The highest BCUT2D eigenvalue weighted by molar-refractivity contribution is 6.74. The van der Waals surface area contributed by atoms with Crippen molar-refractivity contribution in [3.05, 3.63) is 0 Å². The molecule has 0 radical (unpaired) electrons. The summed E-state index contributed by atoms with van der Waals surface area (Å²) in [6.07, 6.45) is 5.49. The molecular weight excluding hydrogens is 268 g/mol. The third-order valence-electron chi connectivity index (χ3n) is 5.24. The molecule has 0 amide bonds. The Balaban J connectivity index is 2.79. The van der Waals surface area contributed by atoms with Crippen molar-refractivity contribution in [2.45, 2.75) is 84.0 Å². The Morgan fingerprint density at radius 3 is 2.10 bits per heavy atom. The van der Waals surface area contributed by atoms with E-state index >= 15 is 0 Å². The molecule has 0 unspecified atom stereocenters. The largest absolute Gasteiger partial charge is 0.481 e. The summed E-state index contributed by atoms with van der Waals surface area (Å²) < 4.78 is 6.34. The summed E-state index contributed by atoms with van der Waals surface area (Å²) in [5, 5.41) is 9.75. The molecule has 0 aromatic rings. The van der Waals surface area contributed by atoms with E-state index in [1.807, 2.05) is 6.92 Å². The van der Waals surface area contributed by atoms with E-state index in [2.05, 4.69) is 33.9 Å². The maximum atomic E-state index is 11.7. The number of hydrogen-bond donors (Lipinski definition) is 1. The maximum Gasteiger partial charge on any atom is 0.309 e. The van der Waals surface area contributed by atoms with Gasteiger partial charge in [0, 0.05) is 0 Å². The highest BCUT2D eigenvalue weighted by Gasteiger charge is 2.42. The van der Waals surface area contributed by atoms with Crippen LogP contribution < -0.4 is 0 Å². The van der Waals surface area contributed by atoms with Crippen molar-refractivity contribution in [1.82, 2.24) is 0 Å². The summed E-state index contributed by atoms with van der Waals surface area (Å²) in [4.78, 5) is 11.7. The van der Waals surface area contributed by atoms with Crippen LogP contribution in [0, 0.1) is 11.8 Å². The van der Waals surface area contributed by atoms with Crippen LogP contribution in [0.5, 0.6) is 0 Å². The molecule has 1 aliphatic rings. The van der Waals surface area contributed by atoms with Crippen LogP contribution in [0.15, 0.2) is 0 Å². The molecule has 1 aliphatic carbocycles. The number of aliphatic carboxylic acids is 1. The van der Waals surface area contributed by atoms with Gasteiger partial charge < -0.3 is 9.53 Å². The fourth-order valence-corrected chi connectivity index (χ4v) is 4.42. The number of hydrogen-bond acceptors (Lipinski definition) is 2. The smallest absolute Gasteiger partial charge is 0.309 e. The van der Waals surface area contributed by atoms with E-state index in [0.717, 1.165) is 12.8 Å². The minimum absolute atomic E-state index is 0.122. The van der Waals surface area contributed by atoms with Crippen LogP contribution in [-0.4, -0.2) is 25.5 Å². The Hall–Kier alpha value is -0.353. The van der Waals surface area contributed by atoms with E-state index in [1.165, 1.54) is 19.3 Å². The minimum atomic E-state index is -1.90. The molecule has 0 saturated heterocycles. The van der Waals surface area contributed by atoms with Crippen molar-refractivity contribution in [2.75, 3.05) is 0 Å². The van der Waals surface area contributed by atoms with Crippen LogP contribution in [0.2, 0.25) is 18.1 Å². The average molecular weight is 301 g/mol. The van der Waals surface area contributed by atoms with Gasteiger partial charge in [-0.15, -0.1) is 0 Å². The normalized spacial score (nSPS) is 21.5. The zero-order chi connectivity index (χ0) is 15.6. The quantitative estimate of drug-likeness (QED) is 0.750. The van der Waals surface area contributed by atoms with Gasteiger partial charge in [0.1, 0.15) is 0 Å². The van der Waals surface area contributed by atoms with E-state index < -0.39 is 14.3 Å². The standard InChI is InChI=1S/C16H32O3Si/c1-12(19-20(5,6)16(2,3)4)14(15(17)18)13-10-8-7-9-11-13/h12-14H,7-11H2,1-6H3,(H,17,18)/t12-,14-/m1/s1. The van der Waals surface area contributed by atoms with E-state index in [1.54, 1.807) is 0 Å². The van der Waals surface area contributed by atoms with Crippen molar-refractivity contribution in [2.24, 2.45) is 11.8 Å². The SMILES string of the molecule is C[C@@H](O[Si](C)(C)C(C)(C)C)[C@@H](C(=O)O)C1CCCCC1. The lowest BCUT2D eigenvalue weighted by molar-refractivity contribution is -0.148. The molecule has 118 valence electrons. The summed E-state index contributed by atoms with van der Waals surface area (Å²) in [6.45, 7) is 13.0. The number of carbonyl (C=O) groups is 1. The van der Waals surface area contributed by atoms with Gasteiger partial charge >= 0.3 is 5.97 Å². The molecule has 0 bridgehead atoms. The monoisotopic (exact) mass is 300 g/mol. The fourth-order valence-electron chi connectivity index (χ4n) is 2.99. The van der Waals surface area contributed by atoms with Crippen molar-refractivity contribution in [3.63, 3.8) is 0 Å². The fraction of sp³-hybridized carbons (Fsp3) is 0.938. The zero-order valence-electron chi connectivity index (χ0n) is 14.0. The first-order valence-corrected chi connectivity index (χ1v) is 10.9. The minimum Gasteiger partial charge on any atom is -0.481 e. The molecule has 0 spiro atoms. The van der Waals surface area contributed by atoms with Gasteiger partial charge in [-0.2, -0.15) is 0 Å². The van der Waals surface area contributed by atoms with Gasteiger partial charge in [0.15, 0.2) is 8.32 Å². The summed E-state index contributed by atoms with van der Waals surface area (Å²) in [6, 6.07) is 0. The van der Waals surface area contributed by atoms with Crippen molar-refractivity contribution in [3.8, 4) is 0 Å². The van der Waals surface area contributed by atoms with Crippen LogP contribution in [0.1, 0.15) is 59.8 Å². The summed E-state index contributed by atoms with van der Waals surface area (Å²) >= 11 is 0. The van der Waals surface area contributed by atoms with Crippen LogP contribution in [-0.2, 0) is 9.22 Å². The number of rotatable bonds is 5. The molecule has 0 aromatic carbocycles. The molecule has 2 atom stereocenters. The average Bonchev–Trinajstić information content (AvgIpc) is 2.27. The number of carboxylic acid groups (broad SMARTS) is 1. The van der Waals surface area contributed by atoms with Gasteiger partial charge in [-0.05, 0) is 43.8 Å². The molecule has 0 aliphatic heterocycles. The predicted octanol–water partition coefficient (Wildman–Crippen LogP) is 4.68. The van der Waals surface area contributed by atoms with E-state index in [-0.39, 0.29) is 17.1 Å². The van der Waals surface area contributed by atoms with Gasteiger partial charge in [-0.1, -0.05) is 40.0 Å². The molecule has 0 heterocycles. The summed E-state index contributed by atoms with van der Waals surface area (Å²) in [5.41, 5.74) is 0. The lowest BCUT2D eigenvalue weighted by atomic mass is 9.78. The third-order valence-corrected chi connectivity index (χ3v) is 9.81. The molecule has 1 fully saturated rings. The second-order valence-electron chi connectivity index (χ2n) is 7.85. The van der Waals surface area contributed by atoms with Gasteiger partial charge in [-0.3, -0.25) is 4.79 Å². The summed E-state index contributed by atoms with van der Waals surface area (Å²) in [5.74, 6) is -0.728. The van der Waals surface area contributed by atoms with Crippen LogP contribution in [0.25, 0.3) is 0 Å². The molecule has 0 aromatic heterocycles. The van der Waals surface area contributed by atoms with Gasteiger partial charge in [0.25, 0.3) is 0 Å². The van der Waals surface area contributed by atoms with Gasteiger partial charge in [0.05, 0.1) is 12.0 Å². The van der Waals surface area contributed by atoms with Gasteiger partial charge in [0.2, 0.25) is 0 Å². The maximum absolute atomic E-state index is 11.7. The van der Waals surface area contributed by atoms with Crippen LogP contribution in [0.4, 0.5) is 0 Å². The van der Waals surface area contributed by atoms with E-state index in [9.17, 15) is 9.90 Å². The molecular formula is C16H32O3Si. The lowest BCUT2D eigenvalue weighted by Crippen LogP contribution is -2.47. The zero-order valence-corrected chi connectivity index (χ0v) is 15.0.